The van der Waals surface area contributed by atoms with Gasteiger partial charge in [-0.25, -0.2) is 9.78 Å². The maximum absolute atomic E-state index is 12.4. The number of H-pyrrole nitrogens is 1. The molecule has 0 amide bonds. The number of carbonyl (C=O) groups excluding carboxylic acids is 1. The quantitative estimate of drug-likeness (QED) is 0.398. The van der Waals surface area contributed by atoms with Crippen LogP contribution in [-0.4, -0.2) is 37.0 Å². The SMILES string of the molecule is COC(=O)c1cc(-c2ccc(OS(=O)(=O)C(F)(F)F)cc2)cc2[nH]c(C)nc12. The van der Waals surface area contributed by atoms with Gasteiger partial charge in [-0.05, 0) is 42.3 Å². The standard InChI is InChI=1S/C17H13F3N2O5S/c1-9-21-14-8-11(7-13(15(14)22-9)16(23)26-2)10-3-5-12(6-4-10)27-28(24,25)17(18,19)20/h3-8H,1-2H3,(H,21,22). The lowest BCUT2D eigenvalue weighted by atomic mass is 10.0. The van der Waals surface area contributed by atoms with Crippen LogP contribution in [0.5, 0.6) is 5.75 Å². The third-order valence-corrected chi connectivity index (χ3v) is 4.77. The second kappa shape index (κ2) is 6.82. The summed E-state index contributed by atoms with van der Waals surface area (Å²) >= 11 is 0. The van der Waals surface area contributed by atoms with Crippen LogP contribution >= 0.6 is 0 Å². The Labute approximate surface area is 157 Å². The first-order valence-electron chi connectivity index (χ1n) is 7.71. The Kier molecular flexibility index (Phi) is 4.79. The number of methoxy groups -OCH3 is 1. The molecule has 0 saturated carbocycles. The summed E-state index contributed by atoms with van der Waals surface area (Å²) in [6, 6.07) is 8.12. The van der Waals surface area contributed by atoms with E-state index in [1.807, 2.05) is 0 Å². The molecule has 0 aliphatic rings. The largest absolute Gasteiger partial charge is 0.534 e. The number of fused-ring (bicyclic) bond motifs is 1. The third kappa shape index (κ3) is 3.65. The number of hydrogen-bond donors (Lipinski definition) is 1. The Morgan fingerprint density at radius 3 is 2.32 bits per heavy atom. The summed E-state index contributed by atoms with van der Waals surface area (Å²) < 4.78 is 68.2. The first-order valence-corrected chi connectivity index (χ1v) is 9.12. The predicted molar refractivity (Wildman–Crippen MR) is 93.2 cm³/mol. The van der Waals surface area contributed by atoms with E-state index in [4.69, 9.17) is 4.74 Å². The van der Waals surface area contributed by atoms with E-state index in [-0.39, 0.29) is 5.56 Å². The average molecular weight is 414 g/mol. The minimum absolute atomic E-state index is 0.208. The molecule has 3 aromatic rings. The summed E-state index contributed by atoms with van der Waals surface area (Å²) in [4.78, 5) is 19.3. The van der Waals surface area contributed by atoms with Gasteiger partial charge in [0.1, 0.15) is 17.1 Å². The molecule has 0 fully saturated rings. The van der Waals surface area contributed by atoms with Gasteiger partial charge in [0.2, 0.25) is 0 Å². The molecule has 0 saturated heterocycles. The fourth-order valence-electron chi connectivity index (χ4n) is 2.55. The van der Waals surface area contributed by atoms with E-state index in [0.29, 0.717) is 28.0 Å². The molecular weight excluding hydrogens is 401 g/mol. The maximum atomic E-state index is 12.4. The molecule has 0 aliphatic carbocycles. The maximum Gasteiger partial charge on any atom is 0.534 e. The second-order valence-corrected chi connectivity index (χ2v) is 7.28. The highest BCUT2D eigenvalue weighted by atomic mass is 32.2. The first-order chi connectivity index (χ1) is 13.0. The molecule has 11 heteroatoms. The highest BCUT2D eigenvalue weighted by Crippen LogP contribution is 2.31. The van der Waals surface area contributed by atoms with E-state index in [2.05, 4.69) is 14.2 Å². The van der Waals surface area contributed by atoms with E-state index in [1.54, 1.807) is 13.0 Å². The van der Waals surface area contributed by atoms with E-state index >= 15 is 0 Å². The molecule has 0 unspecified atom stereocenters. The van der Waals surface area contributed by atoms with Crippen molar-refractivity contribution in [3.05, 3.63) is 47.8 Å². The smallest absolute Gasteiger partial charge is 0.465 e. The fourth-order valence-corrected chi connectivity index (χ4v) is 3.01. The zero-order chi connectivity index (χ0) is 20.7. The normalized spacial score (nSPS) is 12.2. The van der Waals surface area contributed by atoms with Crippen molar-refractivity contribution < 1.29 is 35.3 Å². The lowest BCUT2D eigenvalue weighted by Crippen LogP contribution is -2.28. The van der Waals surface area contributed by atoms with E-state index in [9.17, 15) is 26.4 Å². The molecule has 0 atom stereocenters. The van der Waals surface area contributed by atoms with Gasteiger partial charge in [0, 0.05) is 0 Å². The number of aromatic amines is 1. The molecule has 1 aromatic heterocycles. The van der Waals surface area contributed by atoms with Crippen LogP contribution in [-0.2, 0) is 14.9 Å². The van der Waals surface area contributed by atoms with Gasteiger partial charge in [0.25, 0.3) is 0 Å². The fraction of sp³-hybridized carbons (Fsp3) is 0.176. The van der Waals surface area contributed by atoms with Crippen molar-refractivity contribution in [2.75, 3.05) is 7.11 Å². The van der Waals surface area contributed by atoms with Crippen molar-refractivity contribution in [1.82, 2.24) is 9.97 Å². The second-order valence-electron chi connectivity index (χ2n) is 5.74. The van der Waals surface area contributed by atoms with Gasteiger partial charge in [-0.2, -0.15) is 21.6 Å². The van der Waals surface area contributed by atoms with E-state index in [0.717, 1.165) is 12.1 Å². The van der Waals surface area contributed by atoms with Gasteiger partial charge >= 0.3 is 21.6 Å². The molecular formula is C17H13F3N2O5S. The van der Waals surface area contributed by atoms with Crippen molar-refractivity contribution in [2.24, 2.45) is 0 Å². The van der Waals surface area contributed by atoms with Crippen LogP contribution in [0.3, 0.4) is 0 Å². The molecule has 0 bridgehead atoms. The number of halogens is 3. The number of aromatic nitrogens is 2. The highest BCUT2D eigenvalue weighted by Gasteiger charge is 2.48. The Morgan fingerprint density at radius 1 is 1.11 bits per heavy atom. The number of rotatable bonds is 4. The molecule has 2 aromatic carbocycles. The molecule has 0 spiro atoms. The topological polar surface area (TPSA) is 98.4 Å². The molecule has 0 aliphatic heterocycles. The van der Waals surface area contributed by atoms with Gasteiger partial charge in [-0.1, -0.05) is 12.1 Å². The summed E-state index contributed by atoms with van der Waals surface area (Å²) in [5, 5.41) is 0. The molecule has 1 heterocycles. The van der Waals surface area contributed by atoms with Gasteiger partial charge in [-0.3, -0.25) is 0 Å². The zero-order valence-electron chi connectivity index (χ0n) is 14.5. The van der Waals surface area contributed by atoms with Crippen LogP contribution in [0.15, 0.2) is 36.4 Å². The number of imidazole rings is 1. The Hall–Kier alpha value is -3.08. The number of esters is 1. The Morgan fingerprint density at radius 2 is 1.75 bits per heavy atom. The van der Waals surface area contributed by atoms with Crippen LogP contribution in [0.25, 0.3) is 22.2 Å². The number of hydrogen-bond acceptors (Lipinski definition) is 6. The minimum Gasteiger partial charge on any atom is -0.465 e. The van der Waals surface area contributed by atoms with Crippen LogP contribution in [0, 0.1) is 6.92 Å². The van der Waals surface area contributed by atoms with Crippen molar-refractivity contribution in [1.29, 1.82) is 0 Å². The summed E-state index contributed by atoms with van der Waals surface area (Å²) in [6.45, 7) is 1.72. The van der Waals surface area contributed by atoms with Crippen LogP contribution in [0.1, 0.15) is 16.2 Å². The van der Waals surface area contributed by atoms with E-state index in [1.165, 1.54) is 25.3 Å². The molecule has 1 N–H and O–H groups in total. The Balaban J connectivity index is 2.00. The molecule has 3 rings (SSSR count). The van der Waals surface area contributed by atoms with E-state index < -0.39 is 27.3 Å². The van der Waals surface area contributed by atoms with Crippen molar-refractivity contribution in [3.63, 3.8) is 0 Å². The number of alkyl halides is 3. The highest BCUT2D eigenvalue weighted by molar-refractivity contribution is 7.88. The average Bonchev–Trinajstić information content (AvgIpc) is 2.99. The van der Waals surface area contributed by atoms with Gasteiger partial charge < -0.3 is 13.9 Å². The van der Waals surface area contributed by atoms with Crippen LogP contribution in [0.2, 0.25) is 0 Å². The van der Waals surface area contributed by atoms with Crippen LogP contribution in [0.4, 0.5) is 13.2 Å². The van der Waals surface area contributed by atoms with Crippen molar-refractivity contribution in [2.45, 2.75) is 12.4 Å². The molecule has 148 valence electrons. The zero-order valence-corrected chi connectivity index (χ0v) is 15.3. The van der Waals surface area contributed by atoms with Gasteiger partial charge in [0.15, 0.2) is 0 Å². The van der Waals surface area contributed by atoms with Crippen molar-refractivity contribution >= 4 is 27.1 Å². The van der Waals surface area contributed by atoms with Crippen LogP contribution < -0.4 is 4.18 Å². The number of carbonyl (C=O) groups is 1. The van der Waals surface area contributed by atoms with Gasteiger partial charge in [-0.15, -0.1) is 0 Å². The summed E-state index contributed by atoms with van der Waals surface area (Å²) in [5.74, 6) is -0.513. The Bertz CT molecular complexity index is 1150. The first kappa shape index (κ1) is 19.7. The predicted octanol–water partition coefficient (Wildman–Crippen LogP) is 3.55. The number of nitrogens with zero attached hydrogens (tertiary/aromatic N) is 1. The monoisotopic (exact) mass is 414 g/mol. The molecule has 7 nitrogen and oxygen atoms in total. The summed E-state index contributed by atoms with van der Waals surface area (Å²) in [7, 11) is -4.52. The van der Waals surface area contributed by atoms with Crippen molar-refractivity contribution in [3.8, 4) is 16.9 Å². The lowest BCUT2D eigenvalue weighted by Gasteiger charge is -2.10. The third-order valence-electron chi connectivity index (χ3n) is 3.79. The molecule has 28 heavy (non-hydrogen) atoms. The van der Waals surface area contributed by atoms with Gasteiger partial charge in [0.05, 0.1) is 18.2 Å². The minimum atomic E-state index is -5.75. The number of aryl methyl sites for hydroxylation is 1. The molecule has 0 radical (unpaired) electrons. The number of benzene rings is 2. The number of nitrogens with one attached hydrogen (secondary N) is 1. The summed E-state index contributed by atoms with van der Waals surface area (Å²) in [5.41, 5.74) is -3.28. The number of ether oxygens (including phenoxy) is 1. The summed E-state index contributed by atoms with van der Waals surface area (Å²) in [6.07, 6.45) is 0. The lowest BCUT2D eigenvalue weighted by molar-refractivity contribution is -0.0500.